The molecule has 13 heteroatoms. The number of alkyl halides is 3. The Labute approximate surface area is 155 Å². The van der Waals surface area contributed by atoms with E-state index in [9.17, 15) is 31.2 Å². The molecule has 0 saturated carbocycles. The first-order valence-corrected chi connectivity index (χ1v) is 9.32. The maximum Gasteiger partial charge on any atom is 0.417 e. The quantitative estimate of drug-likeness (QED) is 0.671. The summed E-state index contributed by atoms with van der Waals surface area (Å²) in [5.74, 6) is -1.78. The predicted octanol–water partition coefficient (Wildman–Crippen LogP) is 0.791. The van der Waals surface area contributed by atoms with Crippen LogP contribution in [0.15, 0.2) is 40.3 Å². The number of fused-ring (bicyclic) bond motifs is 1. The average molecular weight is 415 g/mol. The summed E-state index contributed by atoms with van der Waals surface area (Å²) in [6.45, 7) is 1.33. The van der Waals surface area contributed by atoms with Crippen LogP contribution in [-0.2, 0) is 16.0 Å². The molecular formula is C15H12F3N5O4S. The van der Waals surface area contributed by atoms with Crippen molar-refractivity contribution in [3.63, 3.8) is 0 Å². The van der Waals surface area contributed by atoms with Crippen LogP contribution in [-0.4, -0.2) is 39.2 Å². The Bertz CT molecular complexity index is 1260. The lowest BCUT2D eigenvalue weighted by Gasteiger charge is -2.08. The van der Waals surface area contributed by atoms with Gasteiger partial charge >= 0.3 is 11.9 Å². The van der Waals surface area contributed by atoms with E-state index in [2.05, 4.69) is 10.1 Å². The summed E-state index contributed by atoms with van der Waals surface area (Å²) in [5.41, 5.74) is 2.62. The first-order chi connectivity index (χ1) is 13.0. The Morgan fingerprint density at radius 1 is 1.29 bits per heavy atom. The van der Waals surface area contributed by atoms with E-state index in [1.54, 1.807) is 0 Å². The van der Waals surface area contributed by atoms with Gasteiger partial charge in [-0.05, 0) is 18.2 Å². The Hall–Kier alpha value is -3.22. The SMILES string of the molecule is CCS(=O)(=O)c1cc(C(N)=O)cnc1-n1nc2ccc(C(F)(F)F)cn2c1=O. The molecule has 0 spiro atoms. The molecule has 0 fully saturated rings. The third kappa shape index (κ3) is 3.24. The molecule has 0 aliphatic heterocycles. The van der Waals surface area contributed by atoms with Gasteiger partial charge < -0.3 is 5.73 Å². The molecule has 0 radical (unpaired) electrons. The van der Waals surface area contributed by atoms with Gasteiger partial charge in [0.2, 0.25) is 5.91 Å². The second-order valence-corrected chi connectivity index (χ2v) is 7.90. The number of hydrogen-bond acceptors (Lipinski definition) is 6. The molecule has 3 heterocycles. The van der Waals surface area contributed by atoms with Gasteiger partial charge in [-0.25, -0.2) is 22.6 Å². The molecule has 3 rings (SSSR count). The van der Waals surface area contributed by atoms with Crippen molar-refractivity contribution in [3.8, 4) is 5.82 Å². The lowest BCUT2D eigenvalue weighted by atomic mass is 10.3. The van der Waals surface area contributed by atoms with Gasteiger partial charge in [0.1, 0.15) is 4.90 Å². The summed E-state index contributed by atoms with van der Waals surface area (Å²) in [6, 6.07) is 2.65. The third-order valence-electron chi connectivity index (χ3n) is 3.88. The summed E-state index contributed by atoms with van der Waals surface area (Å²) in [4.78, 5) is 27.2. The minimum absolute atomic E-state index is 0.154. The lowest BCUT2D eigenvalue weighted by Crippen LogP contribution is -2.24. The molecule has 0 unspecified atom stereocenters. The minimum atomic E-state index is -4.69. The molecule has 148 valence electrons. The van der Waals surface area contributed by atoms with Crippen LogP contribution >= 0.6 is 0 Å². The number of hydrogen-bond donors (Lipinski definition) is 1. The van der Waals surface area contributed by atoms with Crippen LogP contribution < -0.4 is 11.4 Å². The van der Waals surface area contributed by atoms with Crippen LogP contribution in [0.1, 0.15) is 22.8 Å². The van der Waals surface area contributed by atoms with Gasteiger partial charge in [0, 0.05) is 12.4 Å². The number of nitrogens with zero attached hydrogens (tertiary/aromatic N) is 4. The van der Waals surface area contributed by atoms with Gasteiger partial charge in [-0.3, -0.25) is 4.79 Å². The highest BCUT2D eigenvalue weighted by Gasteiger charge is 2.31. The van der Waals surface area contributed by atoms with E-state index < -0.39 is 43.9 Å². The number of carbonyl (C=O) groups excluding carboxylic acids is 1. The van der Waals surface area contributed by atoms with E-state index in [4.69, 9.17) is 5.73 Å². The molecule has 2 N–H and O–H groups in total. The van der Waals surface area contributed by atoms with Crippen LogP contribution in [0.4, 0.5) is 13.2 Å². The molecule has 3 aromatic rings. The zero-order chi connectivity index (χ0) is 20.9. The van der Waals surface area contributed by atoms with Gasteiger partial charge in [-0.2, -0.15) is 17.9 Å². The smallest absolute Gasteiger partial charge is 0.366 e. The topological polar surface area (TPSA) is 129 Å². The zero-order valence-electron chi connectivity index (χ0n) is 14.1. The molecule has 0 atom stereocenters. The molecule has 28 heavy (non-hydrogen) atoms. The normalized spacial score (nSPS) is 12.4. The minimum Gasteiger partial charge on any atom is -0.366 e. The van der Waals surface area contributed by atoms with Crippen molar-refractivity contribution in [1.29, 1.82) is 0 Å². The highest BCUT2D eigenvalue weighted by Crippen LogP contribution is 2.29. The third-order valence-corrected chi connectivity index (χ3v) is 5.61. The monoisotopic (exact) mass is 415 g/mol. The second kappa shape index (κ2) is 6.44. The van der Waals surface area contributed by atoms with E-state index in [0.29, 0.717) is 15.3 Å². The van der Waals surface area contributed by atoms with Gasteiger partial charge in [-0.15, -0.1) is 5.10 Å². The maximum atomic E-state index is 12.9. The molecule has 1 amide bonds. The number of nitrogens with two attached hydrogens (primary N) is 1. The van der Waals surface area contributed by atoms with Crippen LogP contribution in [0.5, 0.6) is 0 Å². The summed E-state index contributed by atoms with van der Waals surface area (Å²) in [6.07, 6.45) is -3.19. The van der Waals surface area contributed by atoms with Gasteiger partial charge in [0.15, 0.2) is 21.3 Å². The predicted molar refractivity (Wildman–Crippen MR) is 89.8 cm³/mol. The Kier molecular flexibility index (Phi) is 4.49. The van der Waals surface area contributed by atoms with E-state index in [-0.39, 0.29) is 17.0 Å². The fraction of sp³-hybridized carbons (Fsp3) is 0.200. The average Bonchev–Trinajstić information content (AvgIpc) is 2.96. The summed E-state index contributed by atoms with van der Waals surface area (Å²) < 4.78 is 64.6. The van der Waals surface area contributed by atoms with Gasteiger partial charge in [-0.1, -0.05) is 6.92 Å². The van der Waals surface area contributed by atoms with Crippen molar-refractivity contribution in [3.05, 3.63) is 52.2 Å². The maximum absolute atomic E-state index is 12.9. The Balaban J connectivity index is 2.32. The van der Waals surface area contributed by atoms with Crippen molar-refractivity contribution in [1.82, 2.24) is 19.2 Å². The first kappa shape index (κ1) is 19.5. The number of pyridine rings is 2. The van der Waals surface area contributed by atoms with Gasteiger partial charge in [0.25, 0.3) is 0 Å². The van der Waals surface area contributed by atoms with Crippen molar-refractivity contribution in [2.45, 2.75) is 18.0 Å². The molecule has 0 saturated heterocycles. The highest BCUT2D eigenvalue weighted by molar-refractivity contribution is 7.91. The van der Waals surface area contributed by atoms with Gasteiger partial charge in [0.05, 0.1) is 16.9 Å². The van der Waals surface area contributed by atoms with Crippen LogP contribution in [0.25, 0.3) is 11.5 Å². The standard InChI is InChI=1S/C15H12F3N5O4S/c1-2-28(26,27)10-5-8(12(19)24)6-20-13(10)23-14(25)22-7-9(15(16,17)18)3-4-11(22)21-23/h3-7H,2H2,1H3,(H2,19,24). The Morgan fingerprint density at radius 3 is 2.54 bits per heavy atom. The second-order valence-electron chi connectivity index (χ2n) is 5.65. The highest BCUT2D eigenvalue weighted by atomic mass is 32.2. The van der Waals surface area contributed by atoms with E-state index in [1.807, 2.05) is 0 Å². The molecule has 0 aliphatic carbocycles. The van der Waals surface area contributed by atoms with E-state index in [1.165, 1.54) is 6.92 Å². The number of primary amides is 1. The number of rotatable bonds is 4. The number of halogens is 3. The van der Waals surface area contributed by atoms with Crippen molar-refractivity contribution in [2.24, 2.45) is 5.73 Å². The summed E-state index contributed by atoms with van der Waals surface area (Å²) >= 11 is 0. The molecular weight excluding hydrogens is 403 g/mol. The van der Waals surface area contributed by atoms with Crippen molar-refractivity contribution >= 4 is 21.4 Å². The van der Waals surface area contributed by atoms with Crippen molar-refractivity contribution < 1.29 is 26.4 Å². The molecule has 0 aliphatic rings. The first-order valence-electron chi connectivity index (χ1n) is 7.67. The summed E-state index contributed by atoms with van der Waals surface area (Å²) in [5, 5.41) is 3.85. The summed E-state index contributed by atoms with van der Waals surface area (Å²) in [7, 11) is -3.98. The molecule has 0 aromatic carbocycles. The molecule has 9 nitrogen and oxygen atoms in total. The lowest BCUT2D eigenvalue weighted by molar-refractivity contribution is -0.137. The van der Waals surface area contributed by atoms with Crippen molar-refractivity contribution in [2.75, 3.05) is 5.75 Å². The number of amides is 1. The Morgan fingerprint density at radius 2 is 1.96 bits per heavy atom. The molecule has 0 bridgehead atoms. The van der Waals surface area contributed by atoms with Crippen LogP contribution in [0, 0.1) is 0 Å². The van der Waals surface area contributed by atoms with E-state index in [0.717, 1.165) is 24.4 Å². The van der Waals surface area contributed by atoms with Crippen LogP contribution in [0.3, 0.4) is 0 Å². The molecule has 3 aromatic heterocycles. The fourth-order valence-corrected chi connectivity index (χ4v) is 3.43. The number of carbonyl (C=O) groups is 1. The zero-order valence-corrected chi connectivity index (χ0v) is 15.0. The van der Waals surface area contributed by atoms with Crippen LogP contribution in [0.2, 0.25) is 0 Å². The van der Waals surface area contributed by atoms with E-state index >= 15 is 0 Å². The fourth-order valence-electron chi connectivity index (χ4n) is 2.40. The number of sulfone groups is 1. The number of aromatic nitrogens is 4. The largest absolute Gasteiger partial charge is 0.417 e.